The van der Waals surface area contributed by atoms with Crippen LogP contribution in [0.5, 0.6) is 11.5 Å². The number of halogens is 2. The molecule has 0 aliphatic carbocycles. The standard InChI is InChI=1S/C20H17ClFN3O2S/c1-2-10-25-19(18-11-26-16-8-3-4-9-17(16)27-18)23-24-20(25)28-12-13-14(21)6-5-7-15(13)22/h2-9,18H,1,10-12H2. The van der Waals surface area contributed by atoms with Gasteiger partial charge in [-0.15, -0.1) is 16.8 Å². The van der Waals surface area contributed by atoms with E-state index < -0.39 is 6.10 Å². The van der Waals surface area contributed by atoms with Crippen LogP contribution in [0, 0.1) is 5.82 Å². The molecule has 3 aromatic rings. The molecular formula is C20H17ClFN3O2S. The molecule has 0 radical (unpaired) electrons. The molecule has 0 amide bonds. The van der Waals surface area contributed by atoms with E-state index in [9.17, 15) is 4.39 Å². The van der Waals surface area contributed by atoms with Crippen LogP contribution in [0.3, 0.4) is 0 Å². The summed E-state index contributed by atoms with van der Waals surface area (Å²) in [4.78, 5) is 0. The van der Waals surface area contributed by atoms with Crippen LogP contribution in [-0.4, -0.2) is 21.4 Å². The Morgan fingerprint density at radius 3 is 2.82 bits per heavy atom. The largest absolute Gasteiger partial charge is 0.485 e. The highest BCUT2D eigenvalue weighted by Gasteiger charge is 2.28. The lowest BCUT2D eigenvalue weighted by molar-refractivity contribution is 0.0821. The summed E-state index contributed by atoms with van der Waals surface area (Å²) in [6, 6.07) is 12.1. The second-order valence-corrected chi connectivity index (χ2v) is 7.44. The first-order valence-electron chi connectivity index (χ1n) is 8.65. The zero-order valence-corrected chi connectivity index (χ0v) is 16.4. The fourth-order valence-electron chi connectivity index (χ4n) is 2.90. The van der Waals surface area contributed by atoms with Crippen LogP contribution in [0.2, 0.25) is 5.02 Å². The van der Waals surface area contributed by atoms with Crippen LogP contribution < -0.4 is 9.47 Å². The summed E-state index contributed by atoms with van der Waals surface area (Å²) in [5.41, 5.74) is 0.440. The molecule has 144 valence electrons. The van der Waals surface area contributed by atoms with E-state index in [0.29, 0.717) is 52.0 Å². The third kappa shape index (κ3) is 3.72. The molecule has 1 aromatic heterocycles. The van der Waals surface area contributed by atoms with E-state index in [0.717, 1.165) is 0 Å². The monoisotopic (exact) mass is 417 g/mol. The van der Waals surface area contributed by atoms with Gasteiger partial charge in [0.1, 0.15) is 12.4 Å². The third-order valence-electron chi connectivity index (χ3n) is 4.26. The van der Waals surface area contributed by atoms with Crippen molar-refractivity contribution >= 4 is 23.4 Å². The summed E-state index contributed by atoms with van der Waals surface area (Å²) < 4.78 is 27.8. The normalized spacial score (nSPS) is 15.4. The van der Waals surface area contributed by atoms with Gasteiger partial charge in [-0.1, -0.05) is 47.6 Å². The number of aromatic nitrogens is 3. The van der Waals surface area contributed by atoms with Gasteiger partial charge in [-0.2, -0.15) is 0 Å². The van der Waals surface area contributed by atoms with Crippen LogP contribution >= 0.6 is 23.4 Å². The summed E-state index contributed by atoms with van der Waals surface area (Å²) >= 11 is 7.48. The van der Waals surface area contributed by atoms with Crippen LogP contribution in [-0.2, 0) is 12.3 Å². The van der Waals surface area contributed by atoms with Crippen molar-refractivity contribution in [3.8, 4) is 11.5 Å². The van der Waals surface area contributed by atoms with E-state index >= 15 is 0 Å². The predicted molar refractivity (Wildman–Crippen MR) is 106 cm³/mol. The number of allylic oxidation sites excluding steroid dienone is 1. The second-order valence-electron chi connectivity index (χ2n) is 6.09. The smallest absolute Gasteiger partial charge is 0.192 e. The highest BCUT2D eigenvalue weighted by Crippen LogP contribution is 2.36. The van der Waals surface area contributed by atoms with Crippen molar-refractivity contribution in [3.63, 3.8) is 0 Å². The zero-order chi connectivity index (χ0) is 19.5. The molecule has 8 heteroatoms. The number of ether oxygens (including phenoxy) is 2. The summed E-state index contributed by atoms with van der Waals surface area (Å²) in [5.74, 6) is 2.01. The Balaban J connectivity index is 1.57. The Labute approximate surface area is 171 Å². The van der Waals surface area contributed by atoms with E-state index in [-0.39, 0.29) is 5.82 Å². The number of nitrogens with zero attached hydrogens (tertiary/aromatic N) is 3. The molecule has 28 heavy (non-hydrogen) atoms. The Morgan fingerprint density at radius 2 is 2.04 bits per heavy atom. The SMILES string of the molecule is C=CCn1c(SCc2c(F)cccc2Cl)nnc1C1COc2ccccc2O1. The molecule has 0 saturated heterocycles. The topological polar surface area (TPSA) is 49.2 Å². The van der Waals surface area contributed by atoms with Gasteiger partial charge in [0.2, 0.25) is 0 Å². The average Bonchev–Trinajstić information content (AvgIpc) is 3.10. The fraction of sp³-hybridized carbons (Fsp3) is 0.200. The van der Waals surface area contributed by atoms with Crippen LogP contribution in [0.15, 0.2) is 60.3 Å². The van der Waals surface area contributed by atoms with Crippen LogP contribution in [0.1, 0.15) is 17.5 Å². The van der Waals surface area contributed by atoms with E-state index in [1.165, 1.54) is 17.8 Å². The maximum atomic E-state index is 14.0. The van der Waals surface area contributed by atoms with Crippen molar-refractivity contribution in [2.24, 2.45) is 0 Å². The molecule has 1 unspecified atom stereocenters. The first-order valence-corrected chi connectivity index (χ1v) is 10.0. The Hall–Kier alpha value is -2.51. The first kappa shape index (κ1) is 18.8. The van der Waals surface area contributed by atoms with Crippen molar-refractivity contribution in [1.29, 1.82) is 0 Å². The van der Waals surface area contributed by atoms with Gasteiger partial charge in [0.05, 0.1) is 0 Å². The van der Waals surface area contributed by atoms with Gasteiger partial charge in [0.15, 0.2) is 28.6 Å². The number of rotatable bonds is 6. The fourth-order valence-corrected chi connectivity index (χ4v) is 4.20. The van der Waals surface area contributed by atoms with E-state index in [4.69, 9.17) is 21.1 Å². The van der Waals surface area contributed by atoms with E-state index in [1.807, 2.05) is 28.8 Å². The number of hydrogen-bond donors (Lipinski definition) is 0. The third-order valence-corrected chi connectivity index (χ3v) is 5.61. The molecule has 0 spiro atoms. The highest BCUT2D eigenvalue weighted by atomic mass is 35.5. The van der Waals surface area contributed by atoms with Gasteiger partial charge >= 0.3 is 0 Å². The lowest BCUT2D eigenvalue weighted by Gasteiger charge is -2.26. The van der Waals surface area contributed by atoms with Crippen molar-refractivity contribution in [1.82, 2.24) is 14.8 Å². The van der Waals surface area contributed by atoms with Gasteiger partial charge < -0.3 is 9.47 Å². The van der Waals surface area contributed by atoms with Crippen LogP contribution in [0.25, 0.3) is 0 Å². The van der Waals surface area contributed by atoms with Gasteiger partial charge in [0.25, 0.3) is 0 Å². The predicted octanol–water partition coefficient (Wildman–Crippen LogP) is 5.06. The molecular weight excluding hydrogens is 401 g/mol. The lowest BCUT2D eigenvalue weighted by Crippen LogP contribution is -2.25. The second kappa shape index (κ2) is 8.24. The molecule has 5 nitrogen and oxygen atoms in total. The molecule has 1 aliphatic heterocycles. The number of fused-ring (bicyclic) bond motifs is 1. The highest BCUT2D eigenvalue weighted by molar-refractivity contribution is 7.98. The van der Waals surface area contributed by atoms with Crippen molar-refractivity contribution in [3.05, 3.63) is 77.3 Å². The molecule has 2 aromatic carbocycles. The first-order chi connectivity index (χ1) is 13.7. The number of benzene rings is 2. The molecule has 0 N–H and O–H groups in total. The van der Waals surface area contributed by atoms with Gasteiger partial charge in [-0.05, 0) is 24.3 Å². The summed E-state index contributed by atoms with van der Waals surface area (Å²) in [6.45, 7) is 4.63. The maximum absolute atomic E-state index is 14.0. The maximum Gasteiger partial charge on any atom is 0.192 e. The van der Waals surface area contributed by atoms with Gasteiger partial charge in [0, 0.05) is 22.9 Å². The summed E-state index contributed by atoms with van der Waals surface area (Å²) in [7, 11) is 0. The minimum Gasteiger partial charge on any atom is -0.485 e. The minimum absolute atomic E-state index is 0.329. The zero-order valence-electron chi connectivity index (χ0n) is 14.8. The molecule has 1 aliphatic rings. The molecule has 0 fully saturated rings. The van der Waals surface area contributed by atoms with Crippen molar-refractivity contribution in [2.75, 3.05) is 6.61 Å². The Bertz CT molecular complexity index is 991. The van der Waals surface area contributed by atoms with Crippen molar-refractivity contribution in [2.45, 2.75) is 23.6 Å². The molecule has 1 atom stereocenters. The lowest BCUT2D eigenvalue weighted by atomic mass is 10.2. The van der Waals surface area contributed by atoms with Gasteiger partial charge in [-0.3, -0.25) is 4.57 Å². The number of thioether (sulfide) groups is 1. The quantitative estimate of drug-likeness (QED) is 0.414. The average molecular weight is 418 g/mol. The van der Waals surface area contributed by atoms with Crippen LogP contribution in [0.4, 0.5) is 4.39 Å². The van der Waals surface area contributed by atoms with Crippen molar-refractivity contribution < 1.29 is 13.9 Å². The number of hydrogen-bond acceptors (Lipinski definition) is 5. The van der Waals surface area contributed by atoms with E-state index in [2.05, 4.69) is 16.8 Å². The Kier molecular flexibility index (Phi) is 5.54. The van der Waals surface area contributed by atoms with Gasteiger partial charge in [-0.25, -0.2) is 4.39 Å². The number of para-hydroxylation sites is 2. The van der Waals surface area contributed by atoms with E-state index in [1.54, 1.807) is 18.2 Å². The molecule has 4 rings (SSSR count). The minimum atomic E-state index is -0.395. The summed E-state index contributed by atoms with van der Waals surface area (Å²) in [6.07, 6.45) is 1.36. The molecule has 0 saturated carbocycles. The Morgan fingerprint density at radius 1 is 1.21 bits per heavy atom. The molecule has 0 bridgehead atoms. The summed E-state index contributed by atoms with van der Waals surface area (Å²) in [5, 5.41) is 9.60. The molecule has 2 heterocycles.